The lowest BCUT2D eigenvalue weighted by atomic mass is 10.3. The molecule has 126 valence electrons. The van der Waals surface area contributed by atoms with E-state index in [1.165, 1.54) is 12.1 Å². The summed E-state index contributed by atoms with van der Waals surface area (Å²) in [5, 5.41) is 13.4. The van der Waals surface area contributed by atoms with Crippen molar-refractivity contribution in [3.63, 3.8) is 0 Å². The molecule has 0 unspecified atom stereocenters. The van der Waals surface area contributed by atoms with Crippen LogP contribution in [-0.2, 0) is 4.79 Å². The molecule has 0 aliphatic rings. The van der Waals surface area contributed by atoms with Gasteiger partial charge < -0.3 is 15.4 Å². The second kappa shape index (κ2) is 7.87. The SMILES string of the molecule is O=C(COc1ccccc1)Nc1ccc(Nc2ccc(F)cc2)nn1. The number of nitrogens with zero attached hydrogens (tertiary/aromatic N) is 2. The molecule has 1 aromatic heterocycles. The first-order valence-corrected chi connectivity index (χ1v) is 7.53. The smallest absolute Gasteiger partial charge is 0.263 e. The highest BCUT2D eigenvalue weighted by Crippen LogP contribution is 2.15. The van der Waals surface area contributed by atoms with Gasteiger partial charge >= 0.3 is 0 Å². The molecule has 0 saturated carbocycles. The van der Waals surface area contributed by atoms with Crippen molar-refractivity contribution in [1.29, 1.82) is 0 Å². The van der Waals surface area contributed by atoms with E-state index in [-0.39, 0.29) is 18.3 Å². The Morgan fingerprint density at radius 2 is 1.60 bits per heavy atom. The van der Waals surface area contributed by atoms with Crippen LogP contribution in [0.1, 0.15) is 0 Å². The van der Waals surface area contributed by atoms with Crippen molar-refractivity contribution < 1.29 is 13.9 Å². The van der Waals surface area contributed by atoms with E-state index in [9.17, 15) is 9.18 Å². The summed E-state index contributed by atoms with van der Waals surface area (Å²) in [6.45, 7) is -0.124. The number of carbonyl (C=O) groups is 1. The van der Waals surface area contributed by atoms with E-state index in [0.717, 1.165) is 0 Å². The Morgan fingerprint density at radius 3 is 2.28 bits per heavy atom. The molecule has 0 aliphatic heterocycles. The molecule has 3 rings (SSSR count). The second-order valence-corrected chi connectivity index (χ2v) is 5.09. The number of para-hydroxylation sites is 1. The predicted molar refractivity (Wildman–Crippen MR) is 92.3 cm³/mol. The molecule has 0 atom stereocenters. The maximum absolute atomic E-state index is 12.9. The van der Waals surface area contributed by atoms with Crippen molar-refractivity contribution in [2.75, 3.05) is 17.2 Å². The van der Waals surface area contributed by atoms with Gasteiger partial charge in [0.15, 0.2) is 18.2 Å². The summed E-state index contributed by atoms with van der Waals surface area (Å²) < 4.78 is 18.2. The summed E-state index contributed by atoms with van der Waals surface area (Å²) in [6.07, 6.45) is 0. The normalized spacial score (nSPS) is 10.1. The molecule has 3 aromatic rings. The fourth-order valence-corrected chi connectivity index (χ4v) is 1.99. The molecule has 25 heavy (non-hydrogen) atoms. The van der Waals surface area contributed by atoms with E-state index < -0.39 is 0 Å². The first kappa shape index (κ1) is 16.4. The van der Waals surface area contributed by atoms with Gasteiger partial charge in [-0.15, -0.1) is 10.2 Å². The van der Waals surface area contributed by atoms with E-state index in [1.807, 2.05) is 18.2 Å². The lowest BCUT2D eigenvalue weighted by molar-refractivity contribution is -0.118. The molecule has 1 amide bonds. The zero-order valence-electron chi connectivity index (χ0n) is 13.1. The van der Waals surface area contributed by atoms with Gasteiger partial charge in [0.25, 0.3) is 5.91 Å². The van der Waals surface area contributed by atoms with E-state index in [2.05, 4.69) is 20.8 Å². The van der Waals surface area contributed by atoms with Gasteiger partial charge in [0, 0.05) is 5.69 Å². The van der Waals surface area contributed by atoms with Crippen LogP contribution in [0.25, 0.3) is 0 Å². The van der Waals surface area contributed by atoms with Crippen molar-refractivity contribution in [3.05, 3.63) is 72.5 Å². The number of aromatic nitrogens is 2. The van der Waals surface area contributed by atoms with Crippen LogP contribution in [0.4, 0.5) is 21.7 Å². The number of hydrogen-bond donors (Lipinski definition) is 2. The van der Waals surface area contributed by atoms with E-state index in [0.29, 0.717) is 23.1 Å². The van der Waals surface area contributed by atoms with Crippen LogP contribution in [-0.4, -0.2) is 22.7 Å². The van der Waals surface area contributed by atoms with Crippen LogP contribution in [0, 0.1) is 5.82 Å². The van der Waals surface area contributed by atoms with Gasteiger partial charge in [-0.05, 0) is 48.5 Å². The predicted octanol–water partition coefficient (Wildman–Crippen LogP) is 3.38. The van der Waals surface area contributed by atoms with Crippen LogP contribution in [0.5, 0.6) is 5.75 Å². The third kappa shape index (κ3) is 5.00. The van der Waals surface area contributed by atoms with Crippen LogP contribution in [0.2, 0.25) is 0 Å². The van der Waals surface area contributed by atoms with Crippen LogP contribution in [0.15, 0.2) is 66.7 Å². The molecule has 7 heteroatoms. The topological polar surface area (TPSA) is 76.1 Å². The van der Waals surface area contributed by atoms with Crippen molar-refractivity contribution >= 4 is 23.2 Å². The number of halogens is 1. The van der Waals surface area contributed by atoms with Gasteiger partial charge in [0.2, 0.25) is 0 Å². The number of carbonyl (C=O) groups excluding carboxylic acids is 1. The molecule has 1 heterocycles. The summed E-state index contributed by atoms with van der Waals surface area (Å²) >= 11 is 0. The van der Waals surface area contributed by atoms with Gasteiger partial charge in [0.05, 0.1) is 0 Å². The molecule has 0 saturated heterocycles. The Balaban J connectivity index is 1.51. The number of nitrogens with one attached hydrogen (secondary N) is 2. The van der Waals surface area contributed by atoms with Crippen molar-refractivity contribution in [3.8, 4) is 5.75 Å². The largest absolute Gasteiger partial charge is 0.484 e. The van der Waals surface area contributed by atoms with Crippen molar-refractivity contribution in [2.45, 2.75) is 0 Å². The molecule has 6 nitrogen and oxygen atoms in total. The third-order valence-corrected chi connectivity index (χ3v) is 3.16. The summed E-state index contributed by atoms with van der Waals surface area (Å²) in [7, 11) is 0. The van der Waals surface area contributed by atoms with Crippen molar-refractivity contribution in [1.82, 2.24) is 10.2 Å². The lowest BCUT2D eigenvalue weighted by Crippen LogP contribution is -2.21. The molecule has 0 radical (unpaired) electrons. The number of hydrogen-bond acceptors (Lipinski definition) is 5. The Bertz CT molecular complexity index is 824. The van der Waals surface area contributed by atoms with Crippen LogP contribution >= 0.6 is 0 Å². The highest BCUT2D eigenvalue weighted by atomic mass is 19.1. The third-order valence-electron chi connectivity index (χ3n) is 3.16. The Labute approximate surface area is 143 Å². The molecule has 0 fully saturated rings. The minimum Gasteiger partial charge on any atom is -0.484 e. The second-order valence-electron chi connectivity index (χ2n) is 5.09. The zero-order chi connectivity index (χ0) is 17.5. The Morgan fingerprint density at radius 1 is 0.920 bits per heavy atom. The molecular weight excluding hydrogens is 323 g/mol. The van der Waals surface area contributed by atoms with Gasteiger partial charge in [-0.2, -0.15) is 0 Å². The van der Waals surface area contributed by atoms with E-state index in [4.69, 9.17) is 4.74 Å². The molecule has 0 aliphatic carbocycles. The first-order valence-electron chi connectivity index (χ1n) is 7.53. The lowest BCUT2D eigenvalue weighted by Gasteiger charge is -2.08. The van der Waals surface area contributed by atoms with E-state index >= 15 is 0 Å². The van der Waals surface area contributed by atoms with Crippen molar-refractivity contribution in [2.24, 2.45) is 0 Å². The number of rotatable bonds is 6. The Hall–Kier alpha value is -3.48. The Kier molecular flexibility index (Phi) is 5.16. The maximum atomic E-state index is 12.9. The average Bonchev–Trinajstić information content (AvgIpc) is 2.64. The monoisotopic (exact) mass is 338 g/mol. The zero-order valence-corrected chi connectivity index (χ0v) is 13.1. The minimum atomic E-state index is -0.336. The molecule has 0 spiro atoms. The number of anilines is 3. The van der Waals surface area contributed by atoms with E-state index in [1.54, 1.807) is 36.4 Å². The number of benzene rings is 2. The quantitative estimate of drug-likeness (QED) is 0.721. The molecule has 2 aromatic carbocycles. The summed E-state index contributed by atoms with van der Waals surface area (Å²) in [6, 6.07) is 18.2. The summed E-state index contributed by atoms with van der Waals surface area (Å²) in [4.78, 5) is 11.8. The average molecular weight is 338 g/mol. The summed E-state index contributed by atoms with van der Waals surface area (Å²) in [5.74, 6) is 0.754. The first-order chi connectivity index (χ1) is 12.2. The number of ether oxygens (including phenoxy) is 1. The number of amides is 1. The highest BCUT2D eigenvalue weighted by molar-refractivity contribution is 5.90. The highest BCUT2D eigenvalue weighted by Gasteiger charge is 2.05. The van der Waals surface area contributed by atoms with Gasteiger partial charge in [-0.25, -0.2) is 4.39 Å². The van der Waals surface area contributed by atoms with Crippen LogP contribution < -0.4 is 15.4 Å². The maximum Gasteiger partial charge on any atom is 0.263 e. The molecule has 0 bridgehead atoms. The van der Waals surface area contributed by atoms with Gasteiger partial charge in [0.1, 0.15) is 11.6 Å². The fourth-order valence-electron chi connectivity index (χ4n) is 1.99. The summed E-state index contributed by atoms with van der Waals surface area (Å²) in [5.41, 5.74) is 0.684. The fraction of sp³-hybridized carbons (Fsp3) is 0.0556. The molecular formula is C18H15FN4O2. The van der Waals surface area contributed by atoms with Gasteiger partial charge in [-0.3, -0.25) is 4.79 Å². The molecule has 2 N–H and O–H groups in total. The van der Waals surface area contributed by atoms with Gasteiger partial charge in [-0.1, -0.05) is 18.2 Å². The minimum absolute atomic E-state index is 0.124. The van der Waals surface area contributed by atoms with Crippen LogP contribution in [0.3, 0.4) is 0 Å². The standard InChI is InChI=1S/C18H15FN4O2/c19-13-6-8-14(9-7-13)20-16-10-11-17(23-22-16)21-18(24)12-25-15-4-2-1-3-5-15/h1-11H,12H2,(H,20,22)(H,21,23,24).